The Labute approximate surface area is 85.3 Å². The molecule has 0 aliphatic heterocycles. The lowest BCUT2D eigenvalue weighted by molar-refractivity contribution is 0.130. The zero-order valence-corrected chi connectivity index (χ0v) is 8.22. The van der Waals surface area contributed by atoms with Crippen molar-refractivity contribution in [3.05, 3.63) is 17.3 Å². The largest absolute Gasteiger partial charge is 0.396 e. The van der Waals surface area contributed by atoms with Crippen LogP contribution in [0.15, 0.2) is 12.3 Å². The van der Waals surface area contributed by atoms with Crippen LogP contribution in [0.2, 0.25) is 5.02 Å². The normalized spacial score (nSPS) is 12.9. The van der Waals surface area contributed by atoms with Crippen molar-refractivity contribution < 1.29 is 8.78 Å². The van der Waals surface area contributed by atoms with Gasteiger partial charge in [-0.25, -0.2) is 13.8 Å². The highest BCUT2D eigenvalue weighted by molar-refractivity contribution is 6.30. The third kappa shape index (κ3) is 2.70. The maximum atomic E-state index is 12.2. The second kappa shape index (κ2) is 4.41. The third-order valence-corrected chi connectivity index (χ3v) is 1.83. The van der Waals surface area contributed by atoms with Crippen LogP contribution >= 0.6 is 11.6 Å². The molecule has 0 amide bonds. The van der Waals surface area contributed by atoms with Crippen molar-refractivity contribution in [3.63, 3.8) is 0 Å². The first kappa shape index (κ1) is 11.0. The monoisotopic (exact) mass is 221 g/mol. The van der Waals surface area contributed by atoms with Crippen LogP contribution in [0.5, 0.6) is 0 Å². The standard InChI is InChI=1S/C8H10ClF2N3/c1-4(7(10)11)14-8-6(12)2-5(9)3-13-8/h2-4,7H,12H2,1H3,(H,13,14). The highest BCUT2D eigenvalue weighted by Crippen LogP contribution is 2.20. The fraction of sp³-hybridized carbons (Fsp3) is 0.375. The van der Waals surface area contributed by atoms with E-state index >= 15 is 0 Å². The first-order chi connectivity index (χ1) is 6.50. The van der Waals surface area contributed by atoms with Crippen molar-refractivity contribution >= 4 is 23.1 Å². The molecule has 1 aromatic rings. The van der Waals surface area contributed by atoms with Gasteiger partial charge in [0.25, 0.3) is 6.43 Å². The predicted molar refractivity (Wildman–Crippen MR) is 52.7 cm³/mol. The molecule has 0 bridgehead atoms. The molecule has 0 radical (unpaired) electrons. The van der Waals surface area contributed by atoms with Gasteiger partial charge in [-0.1, -0.05) is 11.6 Å². The van der Waals surface area contributed by atoms with Crippen LogP contribution < -0.4 is 11.1 Å². The van der Waals surface area contributed by atoms with Gasteiger partial charge in [0.15, 0.2) is 0 Å². The fourth-order valence-corrected chi connectivity index (χ4v) is 1.02. The topological polar surface area (TPSA) is 50.9 Å². The fourth-order valence-electron chi connectivity index (χ4n) is 0.854. The summed E-state index contributed by atoms with van der Waals surface area (Å²) in [5.41, 5.74) is 5.77. The summed E-state index contributed by atoms with van der Waals surface area (Å²) < 4.78 is 24.3. The molecule has 1 unspecified atom stereocenters. The van der Waals surface area contributed by atoms with E-state index in [1.165, 1.54) is 19.2 Å². The lowest BCUT2D eigenvalue weighted by Crippen LogP contribution is -2.24. The number of nitrogens with one attached hydrogen (secondary N) is 1. The van der Waals surface area contributed by atoms with E-state index in [0.717, 1.165) is 0 Å². The molecule has 0 saturated heterocycles. The molecule has 3 nitrogen and oxygen atoms in total. The summed E-state index contributed by atoms with van der Waals surface area (Å²) in [6.45, 7) is 1.35. The second-order valence-corrected chi connectivity index (χ2v) is 3.30. The van der Waals surface area contributed by atoms with Crippen molar-refractivity contribution in [2.75, 3.05) is 11.1 Å². The van der Waals surface area contributed by atoms with Gasteiger partial charge in [-0.2, -0.15) is 0 Å². The van der Waals surface area contributed by atoms with Crippen LogP contribution in [-0.4, -0.2) is 17.5 Å². The van der Waals surface area contributed by atoms with E-state index in [1.807, 2.05) is 0 Å². The Balaban J connectivity index is 2.77. The van der Waals surface area contributed by atoms with Crippen LogP contribution in [0.25, 0.3) is 0 Å². The molecule has 0 fully saturated rings. The van der Waals surface area contributed by atoms with Gasteiger partial charge in [-0.05, 0) is 13.0 Å². The Morgan fingerprint density at radius 1 is 1.57 bits per heavy atom. The maximum Gasteiger partial charge on any atom is 0.258 e. The molecule has 78 valence electrons. The summed E-state index contributed by atoms with van der Waals surface area (Å²) in [5, 5.41) is 2.86. The van der Waals surface area contributed by atoms with Crippen molar-refractivity contribution in [2.24, 2.45) is 0 Å². The second-order valence-electron chi connectivity index (χ2n) is 2.86. The number of halogens is 3. The number of alkyl halides is 2. The summed E-state index contributed by atoms with van der Waals surface area (Å²) in [5.74, 6) is 0.224. The van der Waals surface area contributed by atoms with E-state index in [0.29, 0.717) is 5.02 Å². The first-order valence-corrected chi connectivity index (χ1v) is 4.34. The van der Waals surface area contributed by atoms with Crippen LogP contribution in [0.1, 0.15) is 6.92 Å². The average Bonchev–Trinajstić information content (AvgIpc) is 2.09. The summed E-state index contributed by atoms with van der Waals surface area (Å²) in [6.07, 6.45) is -1.12. The van der Waals surface area contributed by atoms with Crippen molar-refractivity contribution in [2.45, 2.75) is 19.4 Å². The molecule has 1 rings (SSSR count). The van der Waals surface area contributed by atoms with Gasteiger partial charge in [-0.3, -0.25) is 0 Å². The number of rotatable bonds is 3. The zero-order valence-electron chi connectivity index (χ0n) is 7.47. The molecule has 0 aliphatic carbocycles. The molecule has 0 aliphatic rings. The van der Waals surface area contributed by atoms with Gasteiger partial charge >= 0.3 is 0 Å². The van der Waals surface area contributed by atoms with E-state index in [-0.39, 0.29) is 11.5 Å². The van der Waals surface area contributed by atoms with Crippen molar-refractivity contribution in [1.29, 1.82) is 0 Å². The van der Waals surface area contributed by atoms with Gasteiger partial charge in [0.2, 0.25) is 0 Å². The van der Waals surface area contributed by atoms with Gasteiger partial charge in [0.05, 0.1) is 16.8 Å². The Morgan fingerprint density at radius 2 is 2.21 bits per heavy atom. The summed E-state index contributed by atoms with van der Waals surface area (Å²) >= 11 is 5.60. The van der Waals surface area contributed by atoms with Gasteiger partial charge in [-0.15, -0.1) is 0 Å². The molecule has 0 aromatic carbocycles. The first-order valence-electron chi connectivity index (χ1n) is 3.96. The molecule has 6 heteroatoms. The Bertz CT molecular complexity index is 319. The van der Waals surface area contributed by atoms with E-state index < -0.39 is 12.5 Å². The minimum Gasteiger partial charge on any atom is -0.396 e. The summed E-state index contributed by atoms with van der Waals surface area (Å²) in [4.78, 5) is 3.80. The van der Waals surface area contributed by atoms with Gasteiger partial charge in [0.1, 0.15) is 5.82 Å². The van der Waals surface area contributed by atoms with Crippen molar-refractivity contribution in [1.82, 2.24) is 4.98 Å². The van der Waals surface area contributed by atoms with Crippen LogP contribution in [-0.2, 0) is 0 Å². The molecule has 0 saturated carbocycles. The van der Waals surface area contributed by atoms with Gasteiger partial charge in [0, 0.05) is 6.20 Å². The number of anilines is 2. The SMILES string of the molecule is CC(Nc1ncc(Cl)cc1N)C(F)F. The number of pyridine rings is 1. The smallest absolute Gasteiger partial charge is 0.258 e. The van der Waals surface area contributed by atoms with E-state index in [2.05, 4.69) is 10.3 Å². The molecule has 1 heterocycles. The van der Waals surface area contributed by atoms with Crippen molar-refractivity contribution in [3.8, 4) is 0 Å². The van der Waals surface area contributed by atoms with Gasteiger partial charge < -0.3 is 11.1 Å². The molecule has 1 aromatic heterocycles. The zero-order chi connectivity index (χ0) is 10.7. The summed E-state index contributed by atoms with van der Waals surface area (Å²) in [6, 6.07) is 0.459. The van der Waals surface area contributed by atoms with Crippen LogP contribution in [0.4, 0.5) is 20.3 Å². The maximum absolute atomic E-state index is 12.2. The Morgan fingerprint density at radius 3 is 2.71 bits per heavy atom. The van der Waals surface area contributed by atoms with Crippen LogP contribution in [0, 0.1) is 0 Å². The number of hydrogen-bond donors (Lipinski definition) is 2. The average molecular weight is 222 g/mol. The minimum atomic E-state index is -2.47. The molecule has 1 atom stereocenters. The number of hydrogen-bond acceptors (Lipinski definition) is 3. The third-order valence-electron chi connectivity index (χ3n) is 1.63. The van der Waals surface area contributed by atoms with E-state index in [9.17, 15) is 8.78 Å². The number of nitrogen functional groups attached to an aromatic ring is 1. The Kier molecular flexibility index (Phi) is 3.46. The highest BCUT2D eigenvalue weighted by atomic mass is 35.5. The molecule has 3 N–H and O–H groups in total. The molecule has 0 spiro atoms. The molecule has 14 heavy (non-hydrogen) atoms. The van der Waals surface area contributed by atoms with Crippen LogP contribution in [0.3, 0.4) is 0 Å². The van der Waals surface area contributed by atoms with E-state index in [1.54, 1.807) is 0 Å². The lowest BCUT2D eigenvalue weighted by Gasteiger charge is -2.14. The number of aromatic nitrogens is 1. The Hall–Kier alpha value is -1.10. The quantitative estimate of drug-likeness (QED) is 0.824. The minimum absolute atomic E-state index is 0.224. The number of nitrogens with zero attached hydrogens (tertiary/aromatic N) is 1. The number of nitrogens with two attached hydrogens (primary N) is 1. The summed E-state index contributed by atoms with van der Waals surface area (Å²) in [7, 11) is 0. The molecular weight excluding hydrogens is 212 g/mol. The highest BCUT2D eigenvalue weighted by Gasteiger charge is 2.15. The lowest BCUT2D eigenvalue weighted by atomic mass is 10.3. The predicted octanol–water partition coefficient (Wildman–Crippen LogP) is 2.38. The van der Waals surface area contributed by atoms with E-state index in [4.69, 9.17) is 17.3 Å². The molecular formula is C8H10ClF2N3.